The van der Waals surface area contributed by atoms with Gasteiger partial charge in [0.1, 0.15) is 12.4 Å². The molecule has 146 valence electrons. The van der Waals surface area contributed by atoms with Crippen molar-refractivity contribution in [3.8, 4) is 0 Å². The maximum atomic E-state index is 4.61. The number of nitrogens with one attached hydrogen (secondary N) is 2. The number of aliphatic imine (C=N–C) groups is 1. The van der Waals surface area contributed by atoms with Crippen molar-refractivity contribution in [2.75, 3.05) is 13.1 Å². The molecule has 1 aromatic carbocycles. The summed E-state index contributed by atoms with van der Waals surface area (Å²) in [5, 5.41) is 16.2. The lowest BCUT2D eigenvalue weighted by atomic mass is 10.2. The van der Waals surface area contributed by atoms with Crippen LogP contribution in [-0.4, -0.2) is 38.4 Å². The summed E-state index contributed by atoms with van der Waals surface area (Å²) < 4.78 is 4.26. The van der Waals surface area contributed by atoms with E-state index in [4.69, 9.17) is 0 Å². The first-order chi connectivity index (χ1) is 12.7. The van der Waals surface area contributed by atoms with Gasteiger partial charge in [0.2, 0.25) is 0 Å². The predicted molar refractivity (Wildman–Crippen MR) is 121 cm³/mol. The Bertz CT molecular complexity index is 881. The summed E-state index contributed by atoms with van der Waals surface area (Å²) in [4.78, 5) is 4.61. The Morgan fingerprint density at radius 3 is 2.70 bits per heavy atom. The highest BCUT2D eigenvalue weighted by Gasteiger charge is 2.05. The minimum absolute atomic E-state index is 0. The lowest BCUT2D eigenvalue weighted by Gasteiger charge is -2.12. The molecule has 3 rings (SSSR count). The summed E-state index contributed by atoms with van der Waals surface area (Å²) >= 11 is 0. The quantitative estimate of drug-likeness (QED) is 0.236. The molecule has 0 atom stereocenters. The fraction of sp³-hybridized carbons (Fsp3) is 0.421. The first-order valence-electron chi connectivity index (χ1n) is 9.10. The van der Waals surface area contributed by atoms with Crippen molar-refractivity contribution in [2.24, 2.45) is 12.0 Å². The Morgan fingerprint density at radius 1 is 1.15 bits per heavy atom. The van der Waals surface area contributed by atoms with Crippen molar-refractivity contribution >= 4 is 40.8 Å². The second kappa shape index (κ2) is 10.3. The van der Waals surface area contributed by atoms with E-state index in [0.29, 0.717) is 6.54 Å². The molecule has 2 aromatic heterocycles. The molecule has 0 amide bonds. The molecule has 3 aromatic rings. The molecular formula is C19H28IN7. The lowest BCUT2D eigenvalue weighted by molar-refractivity contribution is 0.640. The number of para-hydroxylation sites is 1. The Hall–Kier alpha value is -2.10. The van der Waals surface area contributed by atoms with E-state index in [1.165, 1.54) is 10.9 Å². The zero-order valence-electron chi connectivity index (χ0n) is 16.1. The molecule has 0 aliphatic rings. The molecule has 0 bridgehead atoms. The zero-order chi connectivity index (χ0) is 18.4. The van der Waals surface area contributed by atoms with Crippen LogP contribution in [0.3, 0.4) is 0 Å². The van der Waals surface area contributed by atoms with Gasteiger partial charge in [-0.25, -0.2) is 4.99 Å². The molecule has 8 heteroatoms. The molecule has 2 heterocycles. The monoisotopic (exact) mass is 481 g/mol. The third-order valence-corrected chi connectivity index (χ3v) is 4.45. The summed E-state index contributed by atoms with van der Waals surface area (Å²) in [6.45, 7) is 7.17. The van der Waals surface area contributed by atoms with Crippen molar-refractivity contribution in [3.63, 3.8) is 0 Å². The van der Waals surface area contributed by atoms with Gasteiger partial charge in [-0.15, -0.1) is 34.2 Å². The Morgan fingerprint density at radius 2 is 1.96 bits per heavy atom. The van der Waals surface area contributed by atoms with Crippen LogP contribution in [0, 0.1) is 6.92 Å². The number of guanidine groups is 1. The number of aryl methyl sites for hydroxylation is 2. The average molecular weight is 481 g/mol. The van der Waals surface area contributed by atoms with Crippen LogP contribution in [0.1, 0.15) is 25.0 Å². The summed E-state index contributed by atoms with van der Waals surface area (Å²) in [5.41, 5.74) is 1.28. The number of aromatic nitrogens is 4. The molecule has 7 nitrogen and oxygen atoms in total. The predicted octanol–water partition coefficient (Wildman–Crippen LogP) is 2.84. The van der Waals surface area contributed by atoms with Gasteiger partial charge in [-0.2, -0.15) is 0 Å². The van der Waals surface area contributed by atoms with Crippen molar-refractivity contribution in [2.45, 2.75) is 33.4 Å². The molecule has 0 saturated carbocycles. The highest BCUT2D eigenvalue weighted by molar-refractivity contribution is 14.0. The van der Waals surface area contributed by atoms with Crippen LogP contribution in [0.15, 0.2) is 41.5 Å². The number of halogens is 1. The van der Waals surface area contributed by atoms with E-state index in [0.717, 1.165) is 43.7 Å². The molecule has 0 saturated heterocycles. The third-order valence-electron chi connectivity index (χ3n) is 4.45. The van der Waals surface area contributed by atoms with Crippen molar-refractivity contribution in [3.05, 3.63) is 48.2 Å². The van der Waals surface area contributed by atoms with Crippen LogP contribution in [0.2, 0.25) is 0 Å². The minimum atomic E-state index is 0. The Kier molecular flexibility index (Phi) is 8.08. The first-order valence-corrected chi connectivity index (χ1v) is 9.10. The van der Waals surface area contributed by atoms with E-state index < -0.39 is 0 Å². The van der Waals surface area contributed by atoms with Gasteiger partial charge in [0.25, 0.3) is 0 Å². The van der Waals surface area contributed by atoms with Crippen LogP contribution in [0.25, 0.3) is 10.9 Å². The highest BCUT2D eigenvalue weighted by Crippen LogP contribution is 2.15. The molecule has 0 radical (unpaired) electrons. The van der Waals surface area contributed by atoms with E-state index >= 15 is 0 Å². The lowest BCUT2D eigenvalue weighted by Crippen LogP contribution is -2.38. The standard InChI is InChI=1S/C19H27N7.HI/c1-4-20-19(22-14-18-24-23-15(2)25(18)3)21-11-7-12-26-13-10-16-8-5-6-9-17(16)26;/h5-6,8-10,13H,4,7,11-12,14H2,1-3H3,(H2,20,21,22);1H. The van der Waals surface area contributed by atoms with Crippen LogP contribution >= 0.6 is 24.0 Å². The maximum absolute atomic E-state index is 4.61. The summed E-state index contributed by atoms with van der Waals surface area (Å²) in [6.07, 6.45) is 3.17. The number of nitrogens with zero attached hydrogens (tertiary/aromatic N) is 5. The number of hydrogen-bond acceptors (Lipinski definition) is 3. The Balaban J connectivity index is 0.00000261. The van der Waals surface area contributed by atoms with Crippen LogP contribution in [0.4, 0.5) is 0 Å². The van der Waals surface area contributed by atoms with Crippen LogP contribution in [0.5, 0.6) is 0 Å². The summed E-state index contributed by atoms with van der Waals surface area (Å²) in [6, 6.07) is 10.6. The number of fused-ring (bicyclic) bond motifs is 1. The van der Waals surface area contributed by atoms with E-state index in [9.17, 15) is 0 Å². The van der Waals surface area contributed by atoms with Gasteiger partial charge in [0, 0.05) is 38.4 Å². The number of rotatable bonds is 7. The van der Waals surface area contributed by atoms with Crippen molar-refractivity contribution < 1.29 is 0 Å². The second-order valence-electron chi connectivity index (χ2n) is 6.27. The Labute approximate surface area is 177 Å². The average Bonchev–Trinajstić information content (AvgIpc) is 3.21. The van der Waals surface area contributed by atoms with E-state index in [1.54, 1.807) is 0 Å². The van der Waals surface area contributed by atoms with E-state index in [2.05, 4.69) is 73.8 Å². The van der Waals surface area contributed by atoms with Gasteiger partial charge in [-0.3, -0.25) is 0 Å². The number of benzene rings is 1. The van der Waals surface area contributed by atoms with Gasteiger partial charge >= 0.3 is 0 Å². The molecule has 2 N–H and O–H groups in total. The van der Waals surface area contributed by atoms with Gasteiger partial charge < -0.3 is 19.8 Å². The highest BCUT2D eigenvalue weighted by atomic mass is 127. The van der Waals surface area contributed by atoms with E-state index in [-0.39, 0.29) is 24.0 Å². The van der Waals surface area contributed by atoms with Gasteiger partial charge in [0.15, 0.2) is 11.8 Å². The first kappa shape index (κ1) is 21.2. The maximum Gasteiger partial charge on any atom is 0.191 e. The molecule has 0 aliphatic heterocycles. The molecule has 0 fully saturated rings. The molecule has 0 aliphatic carbocycles. The smallest absolute Gasteiger partial charge is 0.191 e. The second-order valence-corrected chi connectivity index (χ2v) is 6.27. The van der Waals surface area contributed by atoms with Gasteiger partial charge in [-0.1, -0.05) is 18.2 Å². The number of hydrogen-bond donors (Lipinski definition) is 2. The molecule has 0 spiro atoms. The van der Waals surface area contributed by atoms with Crippen LogP contribution < -0.4 is 10.6 Å². The molecule has 27 heavy (non-hydrogen) atoms. The van der Waals surface area contributed by atoms with E-state index in [1.807, 2.05) is 18.5 Å². The van der Waals surface area contributed by atoms with Gasteiger partial charge in [-0.05, 0) is 37.8 Å². The molecule has 0 unspecified atom stereocenters. The SMILES string of the molecule is CCNC(=NCc1nnc(C)n1C)NCCCn1ccc2ccccc21.I. The summed E-state index contributed by atoms with van der Waals surface area (Å²) in [7, 11) is 1.96. The molecular weight excluding hydrogens is 453 g/mol. The fourth-order valence-electron chi connectivity index (χ4n) is 2.87. The topological polar surface area (TPSA) is 72.1 Å². The fourth-order valence-corrected chi connectivity index (χ4v) is 2.87. The zero-order valence-corrected chi connectivity index (χ0v) is 18.5. The largest absolute Gasteiger partial charge is 0.357 e. The normalized spacial score (nSPS) is 11.4. The summed E-state index contributed by atoms with van der Waals surface area (Å²) in [5.74, 6) is 2.57. The van der Waals surface area contributed by atoms with Crippen LogP contribution in [-0.2, 0) is 20.1 Å². The van der Waals surface area contributed by atoms with Crippen molar-refractivity contribution in [1.82, 2.24) is 30.0 Å². The van der Waals surface area contributed by atoms with Gasteiger partial charge in [0.05, 0.1) is 0 Å². The minimum Gasteiger partial charge on any atom is -0.357 e. The van der Waals surface area contributed by atoms with Crippen molar-refractivity contribution in [1.29, 1.82) is 0 Å². The third kappa shape index (κ3) is 5.44.